The maximum absolute atomic E-state index is 13.4. The Morgan fingerprint density at radius 2 is 1.87 bits per heavy atom. The van der Waals surface area contributed by atoms with Gasteiger partial charge in [0, 0.05) is 11.5 Å². The van der Waals surface area contributed by atoms with Gasteiger partial charge in [-0.25, -0.2) is 15.0 Å². The molecule has 0 bridgehead atoms. The largest absolute Gasteiger partial charge is 0.496 e. The molecule has 1 aliphatic rings. The van der Waals surface area contributed by atoms with Crippen LogP contribution in [0.1, 0.15) is 28.8 Å². The molecule has 13 heteroatoms. The van der Waals surface area contributed by atoms with Gasteiger partial charge in [-0.3, -0.25) is 4.57 Å². The molecule has 3 heterocycles. The molecule has 0 saturated carbocycles. The highest BCUT2D eigenvalue weighted by Gasteiger charge is 2.44. The Kier molecular flexibility index (Phi) is 7.40. The van der Waals surface area contributed by atoms with Gasteiger partial charge in [-0.15, -0.1) is 0 Å². The minimum Gasteiger partial charge on any atom is -0.496 e. The van der Waals surface area contributed by atoms with E-state index in [0.717, 1.165) is 12.1 Å². The summed E-state index contributed by atoms with van der Waals surface area (Å²) in [5.74, 6) is 0.0213. The van der Waals surface area contributed by atoms with Crippen LogP contribution in [0, 0.1) is 0 Å². The zero-order chi connectivity index (χ0) is 27.7. The molecule has 2 aromatic heterocycles. The highest BCUT2D eigenvalue weighted by Crippen LogP contribution is 2.37. The van der Waals surface area contributed by atoms with Crippen LogP contribution >= 0.6 is 0 Å². The lowest BCUT2D eigenvalue weighted by molar-refractivity contribution is -0.137. The summed E-state index contributed by atoms with van der Waals surface area (Å²) >= 11 is 0. The molecular formula is C26H26F3N5O5. The monoisotopic (exact) mass is 545 g/mol. The van der Waals surface area contributed by atoms with E-state index in [9.17, 15) is 23.4 Å². The van der Waals surface area contributed by atoms with E-state index in [0.29, 0.717) is 28.0 Å². The molecule has 10 nitrogen and oxygen atoms in total. The van der Waals surface area contributed by atoms with Gasteiger partial charge < -0.3 is 30.2 Å². The molecule has 0 radical (unpaired) electrons. The second-order valence-electron chi connectivity index (χ2n) is 9.08. The first kappa shape index (κ1) is 26.8. The maximum atomic E-state index is 13.4. The highest BCUT2D eigenvalue weighted by atomic mass is 19.4. The fourth-order valence-electron chi connectivity index (χ4n) is 4.71. The van der Waals surface area contributed by atoms with Crippen LogP contribution < -0.4 is 10.5 Å². The lowest BCUT2D eigenvalue weighted by atomic mass is 9.90. The molecule has 39 heavy (non-hydrogen) atoms. The third kappa shape index (κ3) is 5.26. The standard InChI is InChI=1S/C26H26F3N5O5/c1-37-18-8-3-2-7-16(18)17(14-5-4-6-15(9-14)26(27,28)29)10-38-11-19-21(35)22(36)25(39-19)34-13-33-20-23(30)31-12-32-24(20)34/h2-9,12-13,17,19,21-22,25,35-36H,10-11H2,1H3,(H2,30,31,32)/t17?,19-,21-,22-,25-/m1/s1. The number of nitrogen functional groups attached to an aromatic ring is 1. The number of para-hydroxylation sites is 1. The Morgan fingerprint density at radius 1 is 1.08 bits per heavy atom. The number of aliphatic hydroxyl groups excluding tert-OH is 2. The predicted octanol–water partition coefficient (Wildman–Crippen LogP) is 2.90. The van der Waals surface area contributed by atoms with E-state index >= 15 is 0 Å². The number of fused-ring (bicyclic) bond motifs is 1. The number of nitrogens with zero attached hydrogens (tertiary/aromatic N) is 4. The first-order valence-corrected chi connectivity index (χ1v) is 12.0. The number of hydrogen-bond acceptors (Lipinski definition) is 9. The normalized spacial score (nSPS) is 22.3. The summed E-state index contributed by atoms with van der Waals surface area (Å²) in [4.78, 5) is 12.2. The molecule has 4 N–H and O–H groups in total. The molecule has 4 aromatic rings. The molecule has 1 unspecified atom stereocenters. The number of rotatable bonds is 8. The van der Waals surface area contributed by atoms with Crippen LogP contribution in [0.15, 0.2) is 61.2 Å². The molecule has 5 atom stereocenters. The molecular weight excluding hydrogens is 519 g/mol. The van der Waals surface area contributed by atoms with Crippen molar-refractivity contribution in [3.8, 4) is 5.75 Å². The number of halogens is 3. The van der Waals surface area contributed by atoms with E-state index in [1.54, 1.807) is 30.3 Å². The number of aliphatic hydroxyl groups is 2. The number of nitrogens with two attached hydrogens (primary N) is 1. The fourth-order valence-corrected chi connectivity index (χ4v) is 4.71. The maximum Gasteiger partial charge on any atom is 0.416 e. The van der Waals surface area contributed by atoms with Crippen molar-refractivity contribution < 1.29 is 37.6 Å². The quantitative estimate of drug-likeness (QED) is 0.305. The van der Waals surface area contributed by atoms with Crippen molar-refractivity contribution in [2.45, 2.75) is 36.6 Å². The molecule has 5 rings (SSSR count). The van der Waals surface area contributed by atoms with Gasteiger partial charge >= 0.3 is 6.18 Å². The SMILES string of the molecule is COc1ccccc1C(COC[C@H]1O[C@@H](n2cnc3c(N)ncnc32)[C@H](O)[C@@H]1O)c1cccc(C(F)(F)F)c1. The van der Waals surface area contributed by atoms with Gasteiger partial charge in [0.1, 0.15) is 35.9 Å². The van der Waals surface area contributed by atoms with E-state index in [4.69, 9.17) is 19.9 Å². The molecule has 1 aliphatic heterocycles. The summed E-state index contributed by atoms with van der Waals surface area (Å²) in [7, 11) is 1.48. The van der Waals surface area contributed by atoms with Crippen LogP contribution in [0.4, 0.5) is 19.0 Å². The van der Waals surface area contributed by atoms with Crippen LogP contribution in [0.3, 0.4) is 0 Å². The third-order valence-corrected chi connectivity index (χ3v) is 6.70. The van der Waals surface area contributed by atoms with Crippen LogP contribution in [0.25, 0.3) is 11.2 Å². The van der Waals surface area contributed by atoms with Crippen LogP contribution in [0.2, 0.25) is 0 Å². The Labute approximate surface area is 220 Å². The van der Waals surface area contributed by atoms with Crippen molar-refractivity contribution in [2.75, 3.05) is 26.1 Å². The van der Waals surface area contributed by atoms with Crippen molar-refractivity contribution >= 4 is 17.0 Å². The first-order chi connectivity index (χ1) is 18.7. The summed E-state index contributed by atoms with van der Waals surface area (Å²) in [6.45, 7) is -0.199. The number of imidazole rings is 1. The minimum absolute atomic E-state index is 0.0488. The van der Waals surface area contributed by atoms with E-state index in [-0.39, 0.29) is 19.0 Å². The Hall–Kier alpha value is -3.78. The molecule has 2 aromatic carbocycles. The van der Waals surface area contributed by atoms with Crippen molar-refractivity contribution in [2.24, 2.45) is 0 Å². The van der Waals surface area contributed by atoms with Crippen LogP contribution in [-0.2, 0) is 15.7 Å². The summed E-state index contributed by atoms with van der Waals surface area (Å²) in [5.41, 5.74) is 6.70. The molecule has 1 saturated heterocycles. The molecule has 0 amide bonds. The second-order valence-corrected chi connectivity index (χ2v) is 9.08. The first-order valence-electron chi connectivity index (χ1n) is 12.0. The number of hydrogen-bond donors (Lipinski definition) is 3. The van der Waals surface area contributed by atoms with Gasteiger partial charge in [0.25, 0.3) is 0 Å². The number of ether oxygens (including phenoxy) is 3. The number of methoxy groups -OCH3 is 1. The minimum atomic E-state index is -4.51. The Bertz CT molecular complexity index is 1450. The number of alkyl halides is 3. The van der Waals surface area contributed by atoms with Gasteiger partial charge in [-0.1, -0.05) is 36.4 Å². The zero-order valence-corrected chi connectivity index (χ0v) is 20.7. The topological polar surface area (TPSA) is 138 Å². The summed E-state index contributed by atoms with van der Waals surface area (Å²) in [6, 6.07) is 12.0. The summed E-state index contributed by atoms with van der Waals surface area (Å²) in [6.07, 6.45) is -6.50. The summed E-state index contributed by atoms with van der Waals surface area (Å²) in [5, 5.41) is 21.4. The smallest absolute Gasteiger partial charge is 0.416 e. The molecule has 1 fully saturated rings. The van der Waals surface area contributed by atoms with E-state index in [1.807, 2.05) is 0 Å². The van der Waals surface area contributed by atoms with Gasteiger partial charge in [-0.05, 0) is 17.7 Å². The van der Waals surface area contributed by atoms with E-state index < -0.39 is 42.2 Å². The number of anilines is 1. The van der Waals surface area contributed by atoms with E-state index in [2.05, 4.69) is 15.0 Å². The lowest BCUT2D eigenvalue weighted by Crippen LogP contribution is -2.34. The third-order valence-electron chi connectivity index (χ3n) is 6.70. The molecule has 0 aliphatic carbocycles. The van der Waals surface area contributed by atoms with Gasteiger partial charge in [0.15, 0.2) is 17.7 Å². The van der Waals surface area contributed by atoms with Crippen LogP contribution in [-0.4, -0.2) is 68.4 Å². The average molecular weight is 546 g/mol. The van der Waals surface area contributed by atoms with Crippen molar-refractivity contribution in [3.05, 3.63) is 77.9 Å². The van der Waals surface area contributed by atoms with Crippen molar-refractivity contribution in [1.82, 2.24) is 19.5 Å². The average Bonchev–Trinajstić information content (AvgIpc) is 3.48. The van der Waals surface area contributed by atoms with Gasteiger partial charge in [0.2, 0.25) is 0 Å². The van der Waals surface area contributed by atoms with Crippen LogP contribution in [0.5, 0.6) is 5.75 Å². The second kappa shape index (κ2) is 10.8. The molecule has 206 valence electrons. The summed E-state index contributed by atoms with van der Waals surface area (Å²) < 4.78 is 59.0. The lowest BCUT2D eigenvalue weighted by Gasteiger charge is -2.23. The Morgan fingerprint density at radius 3 is 2.64 bits per heavy atom. The van der Waals surface area contributed by atoms with Crippen molar-refractivity contribution in [1.29, 1.82) is 0 Å². The van der Waals surface area contributed by atoms with Gasteiger partial charge in [0.05, 0.1) is 32.2 Å². The number of benzene rings is 2. The molecule has 0 spiro atoms. The fraction of sp³-hybridized carbons (Fsp3) is 0.346. The zero-order valence-electron chi connectivity index (χ0n) is 20.7. The van der Waals surface area contributed by atoms with Gasteiger partial charge in [-0.2, -0.15) is 13.2 Å². The highest BCUT2D eigenvalue weighted by molar-refractivity contribution is 5.81. The number of aromatic nitrogens is 4. The van der Waals surface area contributed by atoms with Crippen molar-refractivity contribution in [3.63, 3.8) is 0 Å². The Balaban J connectivity index is 1.35. The predicted molar refractivity (Wildman–Crippen MR) is 133 cm³/mol. The van der Waals surface area contributed by atoms with E-state index in [1.165, 1.54) is 30.4 Å².